The molecule has 1 amide bonds. The molecule has 0 fully saturated rings. The first-order valence-corrected chi connectivity index (χ1v) is 5.77. The van der Waals surface area contributed by atoms with Crippen molar-refractivity contribution >= 4 is 5.91 Å². The summed E-state index contributed by atoms with van der Waals surface area (Å²) in [7, 11) is 0. The van der Waals surface area contributed by atoms with Gasteiger partial charge in [0.15, 0.2) is 0 Å². The Bertz CT molecular complexity index is 298. The average Bonchev–Trinajstić information content (AvgIpc) is 2.31. The fourth-order valence-electron chi connectivity index (χ4n) is 1.36. The van der Waals surface area contributed by atoms with E-state index in [0.717, 1.165) is 24.8 Å². The van der Waals surface area contributed by atoms with Gasteiger partial charge in [0.25, 0.3) is 0 Å². The number of benzene rings is 1. The molecule has 0 radical (unpaired) electrons. The highest BCUT2D eigenvalue weighted by molar-refractivity contribution is 5.74. The lowest BCUT2D eigenvalue weighted by Gasteiger charge is -2.05. The van der Waals surface area contributed by atoms with Crippen LogP contribution >= 0.6 is 0 Å². The van der Waals surface area contributed by atoms with Gasteiger partial charge in [-0.05, 0) is 12.0 Å². The van der Waals surface area contributed by atoms with E-state index in [1.165, 1.54) is 0 Å². The third kappa shape index (κ3) is 5.51. The minimum atomic E-state index is -0.0376. The van der Waals surface area contributed by atoms with E-state index in [-0.39, 0.29) is 5.91 Å². The lowest BCUT2D eigenvalue weighted by Crippen LogP contribution is -2.23. The molecular formula is C13H19NO2. The van der Waals surface area contributed by atoms with E-state index in [2.05, 4.69) is 12.4 Å². The van der Waals surface area contributed by atoms with Crippen molar-refractivity contribution in [3.05, 3.63) is 35.9 Å². The van der Waals surface area contributed by atoms with Crippen molar-refractivity contribution in [2.24, 2.45) is 0 Å². The fraction of sp³-hybridized carbons (Fsp3) is 0.462. The number of unbranched alkanes of at least 4 members (excludes halogenated alkanes) is 2. The molecule has 1 aromatic rings. The first-order chi connectivity index (χ1) is 7.83. The van der Waals surface area contributed by atoms with E-state index in [0.29, 0.717) is 13.0 Å². The molecular weight excluding hydrogens is 202 g/mol. The van der Waals surface area contributed by atoms with Crippen LogP contribution in [0.4, 0.5) is 0 Å². The lowest BCUT2D eigenvalue weighted by molar-refractivity contribution is -0.134. The summed E-state index contributed by atoms with van der Waals surface area (Å²) >= 11 is 0. The molecule has 0 aliphatic heterocycles. The second-order valence-electron chi connectivity index (χ2n) is 3.76. The van der Waals surface area contributed by atoms with Crippen LogP contribution in [0.1, 0.15) is 38.2 Å². The third-order valence-electron chi connectivity index (χ3n) is 2.28. The van der Waals surface area contributed by atoms with Gasteiger partial charge in [-0.25, -0.2) is 5.48 Å². The van der Waals surface area contributed by atoms with E-state index in [1.807, 2.05) is 30.3 Å². The van der Waals surface area contributed by atoms with Crippen LogP contribution in [0.5, 0.6) is 0 Å². The van der Waals surface area contributed by atoms with Crippen LogP contribution in [0, 0.1) is 0 Å². The van der Waals surface area contributed by atoms with Crippen molar-refractivity contribution in [3.8, 4) is 0 Å². The maximum Gasteiger partial charge on any atom is 0.243 e. The van der Waals surface area contributed by atoms with Gasteiger partial charge in [-0.15, -0.1) is 0 Å². The summed E-state index contributed by atoms with van der Waals surface area (Å²) in [6, 6.07) is 9.77. The summed E-state index contributed by atoms with van der Waals surface area (Å²) in [6.45, 7) is 2.53. The van der Waals surface area contributed by atoms with Crippen LogP contribution < -0.4 is 5.48 Å². The zero-order valence-corrected chi connectivity index (χ0v) is 9.74. The first kappa shape index (κ1) is 12.7. The molecule has 0 aromatic heterocycles. The number of hydroxylamine groups is 1. The van der Waals surface area contributed by atoms with Crippen LogP contribution in [0.15, 0.2) is 30.3 Å². The fourth-order valence-corrected chi connectivity index (χ4v) is 1.36. The van der Waals surface area contributed by atoms with Gasteiger partial charge < -0.3 is 0 Å². The van der Waals surface area contributed by atoms with Crippen LogP contribution in [0.3, 0.4) is 0 Å². The molecule has 3 heteroatoms. The van der Waals surface area contributed by atoms with Gasteiger partial charge in [0, 0.05) is 6.42 Å². The number of nitrogens with one attached hydrogen (secondary N) is 1. The summed E-state index contributed by atoms with van der Waals surface area (Å²) in [4.78, 5) is 16.4. The Balaban J connectivity index is 2.09. The predicted molar refractivity (Wildman–Crippen MR) is 63.5 cm³/mol. The van der Waals surface area contributed by atoms with E-state index in [9.17, 15) is 4.79 Å². The topological polar surface area (TPSA) is 38.3 Å². The highest BCUT2D eigenvalue weighted by atomic mass is 16.6. The van der Waals surface area contributed by atoms with Crippen LogP contribution in [-0.2, 0) is 16.2 Å². The van der Waals surface area contributed by atoms with Crippen molar-refractivity contribution in [1.82, 2.24) is 5.48 Å². The Labute approximate surface area is 96.8 Å². The molecule has 1 N–H and O–H groups in total. The van der Waals surface area contributed by atoms with Gasteiger partial charge in [-0.3, -0.25) is 9.63 Å². The number of hydrogen-bond donors (Lipinski definition) is 1. The molecule has 88 valence electrons. The molecule has 0 aliphatic rings. The highest BCUT2D eigenvalue weighted by Crippen LogP contribution is 2.00. The molecule has 16 heavy (non-hydrogen) atoms. The maximum absolute atomic E-state index is 11.3. The normalized spacial score (nSPS) is 10.1. The van der Waals surface area contributed by atoms with Crippen molar-refractivity contribution in [1.29, 1.82) is 0 Å². The first-order valence-electron chi connectivity index (χ1n) is 5.77. The zero-order valence-electron chi connectivity index (χ0n) is 9.74. The quantitative estimate of drug-likeness (QED) is 0.568. The Morgan fingerprint density at radius 1 is 1.25 bits per heavy atom. The van der Waals surface area contributed by atoms with Crippen LogP contribution in [0.2, 0.25) is 0 Å². The minimum Gasteiger partial charge on any atom is -0.273 e. The number of carbonyl (C=O) groups is 1. The molecule has 0 heterocycles. The molecule has 0 atom stereocenters. The van der Waals surface area contributed by atoms with Crippen molar-refractivity contribution in [2.45, 2.75) is 39.2 Å². The van der Waals surface area contributed by atoms with Gasteiger partial charge in [0.2, 0.25) is 5.91 Å². The predicted octanol–water partition coefficient (Wildman–Crippen LogP) is 2.81. The molecule has 0 saturated heterocycles. The van der Waals surface area contributed by atoms with Crippen molar-refractivity contribution in [2.75, 3.05) is 0 Å². The summed E-state index contributed by atoms with van der Waals surface area (Å²) in [5.74, 6) is -0.0376. The Hall–Kier alpha value is -1.35. The molecule has 0 bridgehead atoms. The van der Waals surface area contributed by atoms with Gasteiger partial charge in [-0.2, -0.15) is 0 Å². The zero-order chi connectivity index (χ0) is 11.6. The molecule has 1 rings (SSSR count). The monoisotopic (exact) mass is 221 g/mol. The summed E-state index contributed by atoms with van der Waals surface area (Å²) in [6.07, 6.45) is 3.68. The van der Waals surface area contributed by atoms with Gasteiger partial charge in [0.1, 0.15) is 0 Å². The Kier molecular flexibility index (Phi) is 6.26. The third-order valence-corrected chi connectivity index (χ3v) is 2.28. The number of carbonyl (C=O) groups excluding carboxylic acids is 1. The summed E-state index contributed by atoms with van der Waals surface area (Å²) in [5.41, 5.74) is 3.50. The molecule has 0 spiro atoms. The van der Waals surface area contributed by atoms with E-state index in [1.54, 1.807) is 0 Å². The van der Waals surface area contributed by atoms with Crippen molar-refractivity contribution < 1.29 is 9.63 Å². The van der Waals surface area contributed by atoms with E-state index < -0.39 is 0 Å². The van der Waals surface area contributed by atoms with Gasteiger partial charge in [-0.1, -0.05) is 50.1 Å². The molecule has 3 nitrogen and oxygen atoms in total. The molecule has 0 saturated carbocycles. The lowest BCUT2D eigenvalue weighted by atomic mass is 10.2. The van der Waals surface area contributed by atoms with Crippen LogP contribution in [-0.4, -0.2) is 5.91 Å². The second-order valence-corrected chi connectivity index (χ2v) is 3.76. The Morgan fingerprint density at radius 2 is 2.00 bits per heavy atom. The minimum absolute atomic E-state index is 0.0376. The smallest absolute Gasteiger partial charge is 0.243 e. The molecule has 0 aliphatic carbocycles. The standard InChI is InChI=1S/C13H19NO2/c1-2-3-5-10-13(15)14-16-11-12-8-6-4-7-9-12/h4,6-9H,2-3,5,10-11H2,1H3,(H,14,15). The maximum atomic E-state index is 11.3. The van der Waals surface area contributed by atoms with Crippen LogP contribution in [0.25, 0.3) is 0 Å². The molecule has 0 unspecified atom stereocenters. The summed E-state index contributed by atoms with van der Waals surface area (Å²) in [5, 5.41) is 0. The largest absolute Gasteiger partial charge is 0.273 e. The van der Waals surface area contributed by atoms with E-state index >= 15 is 0 Å². The SMILES string of the molecule is CCCCCC(=O)NOCc1ccccc1. The molecule has 1 aromatic carbocycles. The van der Waals surface area contributed by atoms with Crippen molar-refractivity contribution in [3.63, 3.8) is 0 Å². The number of hydrogen-bond acceptors (Lipinski definition) is 2. The second kappa shape index (κ2) is 7.88. The van der Waals surface area contributed by atoms with Gasteiger partial charge >= 0.3 is 0 Å². The van der Waals surface area contributed by atoms with Gasteiger partial charge in [0.05, 0.1) is 6.61 Å². The summed E-state index contributed by atoms with van der Waals surface area (Å²) < 4.78 is 0. The number of amides is 1. The van der Waals surface area contributed by atoms with E-state index in [4.69, 9.17) is 4.84 Å². The Morgan fingerprint density at radius 3 is 2.69 bits per heavy atom. The average molecular weight is 221 g/mol. The number of rotatable bonds is 7. The highest BCUT2D eigenvalue weighted by Gasteiger charge is 2.00.